The number of ketones is 1. The highest BCUT2D eigenvalue weighted by atomic mass is 35.5. The summed E-state index contributed by atoms with van der Waals surface area (Å²) in [7, 11) is 0. The number of hydrogen-bond donors (Lipinski definition) is 0. The summed E-state index contributed by atoms with van der Waals surface area (Å²) >= 11 is 11.7. The van der Waals surface area contributed by atoms with Gasteiger partial charge in [0.1, 0.15) is 0 Å². The topological polar surface area (TPSA) is 34.1 Å². The summed E-state index contributed by atoms with van der Waals surface area (Å²) in [4.78, 5) is 23.2. The van der Waals surface area contributed by atoms with Gasteiger partial charge >= 0.3 is 0 Å². The van der Waals surface area contributed by atoms with Gasteiger partial charge in [0.05, 0.1) is 10.6 Å². The van der Waals surface area contributed by atoms with Crippen LogP contribution in [0, 0.1) is 0 Å². The van der Waals surface area contributed by atoms with Crippen LogP contribution in [0.1, 0.15) is 26.3 Å². The minimum absolute atomic E-state index is 0.219. The molecule has 0 unspecified atom stereocenters. The van der Waals surface area contributed by atoms with E-state index in [1.54, 1.807) is 42.5 Å². The van der Waals surface area contributed by atoms with E-state index in [0.29, 0.717) is 16.9 Å². The van der Waals surface area contributed by atoms with Crippen molar-refractivity contribution in [3.63, 3.8) is 0 Å². The molecule has 0 saturated heterocycles. The Morgan fingerprint density at radius 1 is 1.00 bits per heavy atom. The van der Waals surface area contributed by atoms with Crippen molar-refractivity contribution in [1.29, 1.82) is 0 Å². The van der Waals surface area contributed by atoms with E-state index >= 15 is 0 Å². The average molecular weight is 279 g/mol. The van der Waals surface area contributed by atoms with E-state index in [9.17, 15) is 9.59 Å². The molecule has 0 heterocycles. The molecule has 0 aromatic heterocycles. The highest BCUT2D eigenvalue weighted by molar-refractivity contribution is 6.36. The molecule has 0 aliphatic heterocycles. The lowest BCUT2D eigenvalue weighted by molar-refractivity contribution is 0.102. The fourth-order valence-corrected chi connectivity index (χ4v) is 2.02. The Kier molecular flexibility index (Phi) is 3.80. The van der Waals surface area contributed by atoms with Gasteiger partial charge in [-0.25, -0.2) is 0 Å². The van der Waals surface area contributed by atoms with E-state index in [2.05, 4.69) is 0 Å². The molecule has 2 aromatic carbocycles. The van der Waals surface area contributed by atoms with Gasteiger partial charge in [-0.15, -0.1) is 0 Å². The van der Waals surface area contributed by atoms with E-state index in [0.717, 1.165) is 0 Å². The van der Waals surface area contributed by atoms with Crippen molar-refractivity contribution in [2.45, 2.75) is 0 Å². The van der Waals surface area contributed by atoms with Gasteiger partial charge in [0.15, 0.2) is 12.1 Å². The van der Waals surface area contributed by atoms with Gasteiger partial charge in [0.2, 0.25) is 0 Å². The van der Waals surface area contributed by atoms with Gasteiger partial charge in [0.25, 0.3) is 0 Å². The molecule has 0 spiro atoms. The molecular formula is C14H8Cl2O2. The van der Waals surface area contributed by atoms with Crippen molar-refractivity contribution in [3.05, 3.63) is 69.2 Å². The van der Waals surface area contributed by atoms with E-state index in [4.69, 9.17) is 23.2 Å². The summed E-state index contributed by atoms with van der Waals surface area (Å²) in [5.74, 6) is -0.292. The zero-order chi connectivity index (χ0) is 13.1. The quantitative estimate of drug-likeness (QED) is 0.627. The molecule has 0 amide bonds. The Morgan fingerprint density at radius 3 is 2.28 bits per heavy atom. The standard InChI is InChI=1S/C14H8Cl2O2/c15-11-6-4-9(5-7-11)14(18)13-10(8-17)2-1-3-12(13)16/h1-8H. The molecule has 18 heavy (non-hydrogen) atoms. The van der Waals surface area contributed by atoms with Crippen molar-refractivity contribution in [2.24, 2.45) is 0 Å². The lowest BCUT2D eigenvalue weighted by Gasteiger charge is -2.06. The zero-order valence-electron chi connectivity index (χ0n) is 9.19. The maximum absolute atomic E-state index is 12.3. The maximum Gasteiger partial charge on any atom is 0.195 e. The van der Waals surface area contributed by atoms with E-state index in [1.165, 1.54) is 0 Å². The molecule has 0 bridgehead atoms. The Morgan fingerprint density at radius 2 is 1.67 bits per heavy atom. The van der Waals surface area contributed by atoms with Crippen LogP contribution < -0.4 is 0 Å². The summed E-state index contributed by atoms with van der Waals surface area (Å²) in [5.41, 5.74) is 0.939. The minimum Gasteiger partial charge on any atom is -0.298 e. The van der Waals surface area contributed by atoms with Crippen LogP contribution in [0.4, 0.5) is 0 Å². The maximum atomic E-state index is 12.3. The molecule has 90 valence electrons. The third-order valence-corrected chi connectivity index (χ3v) is 3.07. The highest BCUT2D eigenvalue weighted by Crippen LogP contribution is 2.23. The Labute approximate surface area is 114 Å². The Bertz CT molecular complexity index is 604. The Hall–Kier alpha value is -1.64. The molecule has 0 aliphatic carbocycles. The summed E-state index contributed by atoms with van der Waals surface area (Å²) < 4.78 is 0. The average Bonchev–Trinajstić information content (AvgIpc) is 2.38. The molecule has 4 heteroatoms. The molecule has 2 aromatic rings. The number of rotatable bonds is 3. The van der Waals surface area contributed by atoms with Crippen LogP contribution >= 0.6 is 23.2 Å². The predicted molar refractivity (Wildman–Crippen MR) is 71.7 cm³/mol. The van der Waals surface area contributed by atoms with E-state index < -0.39 is 0 Å². The first-order valence-electron chi connectivity index (χ1n) is 5.17. The monoisotopic (exact) mass is 278 g/mol. The molecule has 0 fully saturated rings. The smallest absolute Gasteiger partial charge is 0.195 e. The van der Waals surface area contributed by atoms with Crippen molar-refractivity contribution >= 4 is 35.3 Å². The SMILES string of the molecule is O=Cc1cccc(Cl)c1C(=O)c1ccc(Cl)cc1. The number of aldehydes is 1. The van der Waals surface area contributed by atoms with Gasteiger partial charge < -0.3 is 0 Å². The third-order valence-electron chi connectivity index (χ3n) is 2.51. The van der Waals surface area contributed by atoms with Gasteiger partial charge in [-0.05, 0) is 30.3 Å². The Balaban J connectivity index is 2.52. The first kappa shape index (κ1) is 12.8. The van der Waals surface area contributed by atoms with Crippen LogP contribution in [-0.4, -0.2) is 12.1 Å². The van der Waals surface area contributed by atoms with Gasteiger partial charge in [-0.3, -0.25) is 9.59 Å². The summed E-state index contributed by atoms with van der Waals surface area (Å²) in [6, 6.07) is 11.2. The second-order valence-electron chi connectivity index (χ2n) is 3.66. The number of hydrogen-bond acceptors (Lipinski definition) is 2. The van der Waals surface area contributed by atoms with Gasteiger partial charge in [-0.2, -0.15) is 0 Å². The number of benzene rings is 2. The summed E-state index contributed by atoms with van der Waals surface area (Å²) in [6.45, 7) is 0. The molecule has 0 atom stereocenters. The molecule has 0 radical (unpaired) electrons. The molecule has 2 nitrogen and oxygen atoms in total. The van der Waals surface area contributed by atoms with Crippen LogP contribution in [0.2, 0.25) is 10.0 Å². The lowest BCUT2D eigenvalue weighted by atomic mass is 9.99. The fourth-order valence-electron chi connectivity index (χ4n) is 1.62. The zero-order valence-corrected chi connectivity index (χ0v) is 10.7. The normalized spacial score (nSPS) is 10.1. The van der Waals surface area contributed by atoms with Crippen molar-refractivity contribution in [1.82, 2.24) is 0 Å². The summed E-state index contributed by atoms with van der Waals surface area (Å²) in [6.07, 6.45) is 0.620. The third kappa shape index (κ3) is 2.45. The lowest BCUT2D eigenvalue weighted by Crippen LogP contribution is -2.06. The molecular weight excluding hydrogens is 271 g/mol. The minimum atomic E-state index is -0.292. The van der Waals surface area contributed by atoms with Crippen molar-refractivity contribution in [2.75, 3.05) is 0 Å². The highest BCUT2D eigenvalue weighted by Gasteiger charge is 2.16. The fraction of sp³-hybridized carbons (Fsp3) is 0. The van der Waals surface area contributed by atoms with Crippen LogP contribution in [0.25, 0.3) is 0 Å². The van der Waals surface area contributed by atoms with Crippen molar-refractivity contribution < 1.29 is 9.59 Å². The first-order valence-corrected chi connectivity index (χ1v) is 5.93. The molecule has 0 aliphatic rings. The second kappa shape index (κ2) is 5.34. The summed E-state index contributed by atoms with van der Waals surface area (Å²) in [5, 5.41) is 0.806. The largest absolute Gasteiger partial charge is 0.298 e. The first-order chi connectivity index (χ1) is 8.63. The number of halogens is 2. The van der Waals surface area contributed by atoms with Crippen molar-refractivity contribution in [3.8, 4) is 0 Å². The molecule has 0 N–H and O–H groups in total. The second-order valence-corrected chi connectivity index (χ2v) is 4.50. The number of carbonyl (C=O) groups excluding carboxylic acids is 2. The number of carbonyl (C=O) groups is 2. The van der Waals surface area contributed by atoms with Crippen LogP contribution in [0.15, 0.2) is 42.5 Å². The molecule has 0 saturated carbocycles. The van der Waals surface area contributed by atoms with Crippen LogP contribution in [-0.2, 0) is 0 Å². The van der Waals surface area contributed by atoms with Crippen LogP contribution in [0.5, 0.6) is 0 Å². The molecule has 2 rings (SSSR count). The van der Waals surface area contributed by atoms with Crippen LogP contribution in [0.3, 0.4) is 0 Å². The predicted octanol–water partition coefficient (Wildman–Crippen LogP) is 4.04. The van der Waals surface area contributed by atoms with E-state index in [-0.39, 0.29) is 21.9 Å². The van der Waals surface area contributed by atoms with Gasteiger partial charge in [0, 0.05) is 16.1 Å². The van der Waals surface area contributed by atoms with E-state index in [1.807, 2.05) is 0 Å². The van der Waals surface area contributed by atoms with Gasteiger partial charge in [-0.1, -0.05) is 35.3 Å².